The summed E-state index contributed by atoms with van der Waals surface area (Å²) in [4.78, 5) is 1.23. The molecular formula is C14H18S. The predicted molar refractivity (Wildman–Crippen MR) is 71.3 cm³/mol. The van der Waals surface area contributed by atoms with Crippen LogP contribution in [0.5, 0.6) is 0 Å². The van der Waals surface area contributed by atoms with Crippen LogP contribution in [0.25, 0.3) is 6.08 Å². The topological polar surface area (TPSA) is 0 Å². The van der Waals surface area contributed by atoms with Gasteiger partial charge >= 0.3 is 0 Å². The van der Waals surface area contributed by atoms with Crippen molar-refractivity contribution in [3.05, 3.63) is 47.9 Å². The molecule has 0 saturated carbocycles. The van der Waals surface area contributed by atoms with E-state index in [0.717, 1.165) is 0 Å². The van der Waals surface area contributed by atoms with Gasteiger partial charge in [-0.05, 0) is 28.0 Å². The third-order valence-electron chi connectivity index (χ3n) is 2.31. The Bertz CT molecular complexity index is 369. The van der Waals surface area contributed by atoms with Crippen molar-refractivity contribution in [3.63, 3.8) is 0 Å². The minimum atomic E-state index is 0.191. The quantitative estimate of drug-likeness (QED) is 0.653. The number of benzene rings is 1. The SMILES string of the molecule is C=CSc1cc(C(C)(C)C)ccc1C=C. The lowest BCUT2D eigenvalue weighted by Crippen LogP contribution is -2.10. The second-order valence-corrected chi connectivity index (χ2v) is 5.50. The van der Waals surface area contributed by atoms with Crippen LogP contribution in [0, 0.1) is 0 Å². The molecule has 0 heterocycles. The van der Waals surface area contributed by atoms with Crippen molar-refractivity contribution in [1.29, 1.82) is 0 Å². The minimum Gasteiger partial charge on any atom is -0.0984 e. The molecule has 0 bridgehead atoms. The zero-order chi connectivity index (χ0) is 11.5. The fourth-order valence-corrected chi connectivity index (χ4v) is 2.02. The molecule has 0 fully saturated rings. The van der Waals surface area contributed by atoms with Crippen LogP contribution in [-0.4, -0.2) is 0 Å². The van der Waals surface area contributed by atoms with Gasteiger partial charge in [0.25, 0.3) is 0 Å². The summed E-state index contributed by atoms with van der Waals surface area (Å²) < 4.78 is 0. The second-order valence-electron chi connectivity index (χ2n) is 4.49. The average molecular weight is 218 g/mol. The second kappa shape index (κ2) is 4.71. The molecule has 1 rings (SSSR count). The molecule has 0 aromatic heterocycles. The van der Waals surface area contributed by atoms with E-state index < -0.39 is 0 Å². The summed E-state index contributed by atoms with van der Waals surface area (Å²) >= 11 is 1.65. The summed E-state index contributed by atoms with van der Waals surface area (Å²) in [6.45, 7) is 14.2. The summed E-state index contributed by atoms with van der Waals surface area (Å²) in [6, 6.07) is 6.52. The standard InChI is InChI=1S/C14H18S/c1-6-11-8-9-12(14(3,4)5)10-13(11)15-7-2/h6-10H,1-2H2,3-5H3. The molecule has 0 atom stereocenters. The number of rotatable bonds is 3. The zero-order valence-electron chi connectivity index (χ0n) is 9.71. The van der Waals surface area contributed by atoms with Crippen LogP contribution in [0.3, 0.4) is 0 Å². The van der Waals surface area contributed by atoms with Crippen molar-refractivity contribution < 1.29 is 0 Å². The first-order chi connectivity index (χ1) is 6.99. The number of hydrogen-bond donors (Lipinski definition) is 0. The van der Waals surface area contributed by atoms with Crippen molar-refractivity contribution in [1.82, 2.24) is 0 Å². The molecule has 0 radical (unpaired) electrons. The molecule has 15 heavy (non-hydrogen) atoms. The monoisotopic (exact) mass is 218 g/mol. The highest BCUT2D eigenvalue weighted by Crippen LogP contribution is 2.30. The number of thioether (sulfide) groups is 1. The third-order valence-corrected chi connectivity index (χ3v) is 3.08. The van der Waals surface area contributed by atoms with E-state index in [0.29, 0.717) is 0 Å². The fraction of sp³-hybridized carbons (Fsp3) is 0.286. The number of hydrogen-bond acceptors (Lipinski definition) is 1. The zero-order valence-corrected chi connectivity index (χ0v) is 10.5. The maximum absolute atomic E-state index is 3.82. The Kier molecular flexibility index (Phi) is 3.81. The molecule has 0 saturated heterocycles. The van der Waals surface area contributed by atoms with Gasteiger partial charge in [-0.3, -0.25) is 0 Å². The van der Waals surface area contributed by atoms with Crippen molar-refractivity contribution in [2.45, 2.75) is 31.1 Å². The normalized spacial score (nSPS) is 11.1. The summed E-state index contributed by atoms with van der Waals surface area (Å²) in [5.74, 6) is 0. The molecule has 0 aliphatic carbocycles. The van der Waals surface area contributed by atoms with Crippen LogP contribution in [0.4, 0.5) is 0 Å². The Hall–Kier alpha value is -0.950. The first-order valence-corrected chi connectivity index (χ1v) is 5.91. The lowest BCUT2D eigenvalue weighted by Gasteiger charge is -2.20. The van der Waals surface area contributed by atoms with Gasteiger partial charge in [-0.15, -0.1) is 0 Å². The Balaban J connectivity index is 3.21. The van der Waals surface area contributed by atoms with Gasteiger partial charge in [0.1, 0.15) is 0 Å². The van der Waals surface area contributed by atoms with Gasteiger partial charge in [-0.2, -0.15) is 0 Å². The van der Waals surface area contributed by atoms with Crippen LogP contribution in [-0.2, 0) is 5.41 Å². The Morgan fingerprint density at radius 1 is 1.20 bits per heavy atom. The highest BCUT2D eigenvalue weighted by atomic mass is 32.2. The molecule has 0 nitrogen and oxygen atoms in total. The molecule has 1 aromatic carbocycles. The highest BCUT2D eigenvalue weighted by molar-refractivity contribution is 8.02. The molecule has 1 aromatic rings. The maximum atomic E-state index is 3.82. The van der Waals surface area contributed by atoms with E-state index in [1.54, 1.807) is 11.8 Å². The van der Waals surface area contributed by atoms with E-state index in [1.165, 1.54) is 16.0 Å². The van der Waals surface area contributed by atoms with Crippen LogP contribution in [0.2, 0.25) is 0 Å². The van der Waals surface area contributed by atoms with E-state index in [9.17, 15) is 0 Å². The van der Waals surface area contributed by atoms with Gasteiger partial charge in [0.15, 0.2) is 0 Å². The molecule has 0 amide bonds. The molecule has 0 N–H and O–H groups in total. The van der Waals surface area contributed by atoms with Crippen LogP contribution < -0.4 is 0 Å². The maximum Gasteiger partial charge on any atom is 0.0191 e. The van der Waals surface area contributed by atoms with Crippen LogP contribution in [0.15, 0.2) is 41.7 Å². The van der Waals surface area contributed by atoms with Crippen molar-refractivity contribution >= 4 is 17.8 Å². The molecule has 0 unspecified atom stereocenters. The molecule has 0 aliphatic rings. The van der Waals surface area contributed by atoms with Gasteiger partial charge < -0.3 is 0 Å². The average Bonchev–Trinajstić information content (AvgIpc) is 2.17. The summed E-state index contributed by atoms with van der Waals surface area (Å²) in [7, 11) is 0. The Morgan fingerprint density at radius 3 is 2.33 bits per heavy atom. The van der Waals surface area contributed by atoms with Gasteiger partial charge in [-0.25, -0.2) is 0 Å². The molecular weight excluding hydrogens is 200 g/mol. The Labute approximate surface area is 97.1 Å². The lowest BCUT2D eigenvalue weighted by molar-refractivity contribution is 0.588. The van der Waals surface area contributed by atoms with Gasteiger partial charge in [0, 0.05) is 4.90 Å². The van der Waals surface area contributed by atoms with Gasteiger partial charge in [0.05, 0.1) is 0 Å². The fourth-order valence-electron chi connectivity index (χ4n) is 1.36. The summed E-state index contributed by atoms with van der Waals surface area (Å²) in [6.07, 6.45) is 1.89. The van der Waals surface area contributed by atoms with Gasteiger partial charge in [0.2, 0.25) is 0 Å². The van der Waals surface area contributed by atoms with E-state index in [4.69, 9.17) is 0 Å². The first kappa shape index (κ1) is 12.1. The summed E-state index contributed by atoms with van der Waals surface area (Å²) in [5, 5.41) is 1.86. The third kappa shape index (κ3) is 3.00. The minimum absolute atomic E-state index is 0.191. The van der Waals surface area contributed by atoms with Crippen molar-refractivity contribution in [2.75, 3.05) is 0 Å². The van der Waals surface area contributed by atoms with E-state index >= 15 is 0 Å². The lowest BCUT2D eigenvalue weighted by atomic mass is 9.86. The smallest absolute Gasteiger partial charge is 0.0191 e. The van der Waals surface area contributed by atoms with E-state index in [-0.39, 0.29) is 5.41 Å². The van der Waals surface area contributed by atoms with Crippen molar-refractivity contribution in [2.24, 2.45) is 0 Å². The molecule has 0 aliphatic heterocycles. The Morgan fingerprint density at radius 2 is 1.87 bits per heavy atom. The van der Waals surface area contributed by atoms with Crippen molar-refractivity contribution in [3.8, 4) is 0 Å². The highest BCUT2D eigenvalue weighted by Gasteiger charge is 2.14. The summed E-state index contributed by atoms with van der Waals surface area (Å²) in [5.41, 5.74) is 2.71. The van der Waals surface area contributed by atoms with E-state index in [2.05, 4.69) is 52.1 Å². The largest absolute Gasteiger partial charge is 0.0984 e. The predicted octanol–water partition coefficient (Wildman–Crippen LogP) is 4.86. The molecule has 1 heteroatoms. The first-order valence-electron chi connectivity index (χ1n) is 5.03. The molecule has 80 valence electrons. The molecule has 0 spiro atoms. The van der Waals surface area contributed by atoms with Crippen LogP contribution >= 0.6 is 11.8 Å². The van der Waals surface area contributed by atoms with Crippen LogP contribution in [0.1, 0.15) is 31.9 Å². The van der Waals surface area contributed by atoms with E-state index in [1.807, 2.05) is 11.5 Å². The van der Waals surface area contributed by atoms with Gasteiger partial charge in [-0.1, -0.05) is 63.9 Å².